The van der Waals surface area contributed by atoms with Crippen molar-refractivity contribution >= 4 is 5.69 Å². The molecule has 1 heterocycles. The van der Waals surface area contributed by atoms with Crippen molar-refractivity contribution < 1.29 is 4.39 Å². The number of anilines is 1. The second-order valence-electron chi connectivity index (χ2n) is 4.92. The van der Waals surface area contributed by atoms with E-state index in [9.17, 15) is 9.18 Å². The first kappa shape index (κ1) is 14.3. The van der Waals surface area contributed by atoms with Gasteiger partial charge >= 0.3 is 0 Å². The molecule has 2 aromatic rings. The van der Waals surface area contributed by atoms with Gasteiger partial charge in [0.15, 0.2) is 0 Å². The number of benzene rings is 1. The summed E-state index contributed by atoms with van der Waals surface area (Å²) in [7, 11) is 0. The Kier molecular flexibility index (Phi) is 4.56. The van der Waals surface area contributed by atoms with Gasteiger partial charge in [0.2, 0.25) is 0 Å². The molecular formula is C16H19FN2O. The molecule has 0 fully saturated rings. The van der Waals surface area contributed by atoms with Gasteiger partial charge in [0, 0.05) is 24.8 Å². The molecule has 0 aliphatic rings. The lowest BCUT2D eigenvalue weighted by atomic mass is 10.1. The van der Waals surface area contributed by atoms with Crippen LogP contribution >= 0.6 is 0 Å². The van der Waals surface area contributed by atoms with Gasteiger partial charge in [0.25, 0.3) is 5.56 Å². The first-order chi connectivity index (χ1) is 9.58. The van der Waals surface area contributed by atoms with E-state index >= 15 is 0 Å². The number of hydrogen-bond acceptors (Lipinski definition) is 2. The van der Waals surface area contributed by atoms with Crippen LogP contribution in [0.2, 0.25) is 0 Å². The molecule has 2 rings (SSSR count). The Morgan fingerprint density at radius 2 is 1.90 bits per heavy atom. The van der Waals surface area contributed by atoms with Crippen molar-refractivity contribution in [3.8, 4) is 0 Å². The minimum Gasteiger partial charge on any atom is -0.381 e. The predicted molar refractivity (Wildman–Crippen MR) is 79.6 cm³/mol. The maximum Gasteiger partial charge on any atom is 0.250 e. The summed E-state index contributed by atoms with van der Waals surface area (Å²) in [5, 5.41) is 3.35. The lowest BCUT2D eigenvalue weighted by Gasteiger charge is -2.16. The average Bonchev–Trinajstić information content (AvgIpc) is 2.43. The molecule has 0 spiro atoms. The summed E-state index contributed by atoms with van der Waals surface area (Å²) in [6, 6.07) is 10.1. The molecule has 0 saturated heterocycles. The number of nitrogens with one attached hydrogen (secondary N) is 1. The number of nitrogens with zero attached hydrogens (tertiary/aromatic N) is 1. The van der Waals surface area contributed by atoms with E-state index in [1.807, 2.05) is 13.1 Å². The molecule has 0 saturated carbocycles. The third kappa shape index (κ3) is 3.70. The molecule has 1 N–H and O–H groups in total. The lowest BCUT2D eigenvalue weighted by Crippen LogP contribution is -2.22. The molecule has 1 aromatic heterocycles. The fourth-order valence-electron chi connectivity index (χ4n) is 2.17. The monoisotopic (exact) mass is 274 g/mol. The lowest BCUT2D eigenvalue weighted by molar-refractivity contribution is 0.626. The van der Waals surface area contributed by atoms with Crippen molar-refractivity contribution in [2.24, 2.45) is 0 Å². The summed E-state index contributed by atoms with van der Waals surface area (Å²) in [5.74, 6) is -0.218. The zero-order chi connectivity index (χ0) is 14.5. The second kappa shape index (κ2) is 6.37. The minimum atomic E-state index is -0.218. The molecular weight excluding hydrogens is 255 g/mol. The van der Waals surface area contributed by atoms with Gasteiger partial charge < -0.3 is 9.88 Å². The summed E-state index contributed by atoms with van der Waals surface area (Å²) in [6.07, 6.45) is 2.62. The molecule has 20 heavy (non-hydrogen) atoms. The van der Waals surface area contributed by atoms with Crippen LogP contribution in [-0.2, 0) is 13.0 Å². The Morgan fingerprint density at radius 3 is 2.55 bits per heavy atom. The molecule has 106 valence electrons. The molecule has 0 amide bonds. The zero-order valence-corrected chi connectivity index (χ0v) is 11.8. The number of hydrogen-bond donors (Lipinski definition) is 1. The quantitative estimate of drug-likeness (QED) is 0.909. The van der Waals surface area contributed by atoms with Crippen LogP contribution in [0.5, 0.6) is 0 Å². The Morgan fingerprint density at radius 1 is 1.20 bits per heavy atom. The summed E-state index contributed by atoms with van der Waals surface area (Å²) < 4.78 is 14.5. The van der Waals surface area contributed by atoms with E-state index in [0.29, 0.717) is 6.54 Å². The smallest absolute Gasteiger partial charge is 0.250 e. The van der Waals surface area contributed by atoms with Gasteiger partial charge in [-0.2, -0.15) is 0 Å². The van der Waals surface area contributed by atoms with Crippen molar-refractivity contribution in [3.63, 3.8) is 0 Å². The third-order valence-corrected chi connectivity index (χ3v) is 3.19. The van der Waals surface area contributed by atoms with Gasteiger partial charge in [0.1, 0.15) is 5.82 Å². The Labute approximate surface area is 118 Å². The first-order valence-corrected chi connectivity index (χ1v) is 6.80. The first-order valence-electron chi connectivity index (χ1n) is 6.80. The van der Waals surface area contributed by atoms with Gasteiger partial charge in [-0.3, -0.25) is 4.79 Å². The normalized spacial score (nSPS) is 12.2. The molecule has 1 unspecified atom stereocenters. The maximum absolute atomic E-state index is 12.8. The average molecular weight is 274 g/mol. The third-order valence-electron chi connectivity index (χ3n) is 3.19. The van der Waals surface area contributed by atoms with Crippen LogP contribution in [0, 0.1) is 5.82 Å². The fourth-order valence-corrected chi connectivity index (χ4v) is 2.17. The summed E-state index contributed by atoms with van der Waals surface area (Å²) >= 11 is 0. The summed E-state index contributed by atoms with van der Waals surface area (Å²) in [5.41, 5.74) is 2.00. The van der Waals surface area contributed by atoms with Crippen LogP contribution in [0.25, 0.3) is 0 Å². The summed E-state index contributed by atoms with van der Waals surface area (Å²) in [6.45, 7) is 4.65. The fraction of sp³-hybridized carbons (Fsp3) is 0.312. The van der Waals surface area contributed by atoms with E-state index < -0.39 is 0 Å². The van der Waals surface area contributed by atoms with E-state index in [-0.39, 0.29) is 17.4 Å². The molecule has 0 aliphatic carbocycles. The number of aryl methyl sites for hydroxylation is 1. The largest absolute Gasteiger partial charge is 0.381 e. The van der Waals surface area contributed by atoms with Crippen molar-refractivity contribution in [2.45, 2.75) is 32.9 Å². The van der Waals surface area contributed by atoms with Gasteiger partial charge in [-0.15, -0.1) is 0 Å². The molecule has 3 nitrogen and oxygen atoms in total. The number of aromatic nitrogens is 1. The van der Waals surface area contributed by atoms with Crippen LogP contribution in [0.3, 0.4) is 0 Å². The van der Waals surface area contributed by atoms with Crippen molar-refractivity contribution in [1.82, 2.24) is 4.57 Å². The summed E-state index contributed by atoms with van der Waals surface area (Å²) in [4.78, 5) is 11.5. The maximum atomic E-state index is 12.8. The number of halogens is 1. The van der Waals surface area contributed by atoms with Crippen molar-refractivity contribution in [1.29, 1.82) is 0 Å². The highest BCUT2D eigenvalue weighted by molar-refractivity contribution is 5.41. The predicted octanol–water partition coefficient (Wildman–Crippen LogP) is 3.05. The molecule has 4 heteroatoms. The van der Waals surface area contributed by atoms with Gasteiger partial charge in [-0.25, -0.2) is 4.39 Å². The highest BCUT2D eigenvalue weighted by Crippen LogP contribution is 2.10. The van der Waals surface area contributed by atoms with Gasteiger partial charge in [0.05, 0.1) is 5.69 Å². The highest BCUT2D eigenvalue weighted by Gasteiger charge is 2.05. The number of rotatable bonds is 5. The van der Waals surface area contributed by atoms with Crippen LogP contribution in [0.1, 0.15) is 19.4 Å². The van der Waals surface area contributed by atoms with Crippen molar-refractivity contribution in [2.75, 3.05) is 5.32 Å². The Balaban J connectivity index is 2.02. The highest BCUT2D eigenvalue weighted by atomic mass is 19.1. The standard InChI is InChI=1S/C16H19FN2O/c1-3-19-11-15(8-9-16(19)20)18-12(2)10-13-4-6-14(17)7-5-13/h4-9,11-12,18H,3,10H2,1-2H3. The van der Waals surface area contributed by atoms with Crippen LogP contribution in [0.4, 0.5) is 10.1 Å². The molecule has 1 atom stereocenters. The van der Waals surface area contributed by atoms with Gasteiger partial charge in [-0.05, 0) is 44.0 Å². The second-order valence-corrected chi connectivity index (χ2v) is 4.92. The SMILES string of the molecule is CCn1cc(NC(C)Cc2ccc(F)cc2)ccc1=O. The Bertz CT molecular complexity index is 619. The molecule has 0 bridgehead atoms. The molecule has 0 radical (unpaired) electrons. The topological polar surface area (TPSA) is 34.0 Å². The zero-order valence-electron chi connectivity index (χ0n) is 11.8. The van der Waals surface area contributed by atoms with Crippen molar-refractivity contribution in [3.05, 3.63) is 64.3 Å². The van der Waals surface area contributed by atoms with E-state index in [1.165, 1.54) is 12.1 Å². The molecule has 0 aliphatic heterocycles. The molecule has 1 aromatic carbocycles. The minimum absolute atomic E-state index is 0.00392. The van der Waals surface area contributed by atoms with Crippen LogP contribution in [0.15, 0.2) is 47.4 Å². The van der Waals surface area contributed by atoms with Gasteiger partial charge in [-0.1, -0.05) is 12.1 Å². The van der Waals surface area contributed by atoms with E-state index in [2.05, 4.69) is 12.2 Å². The Hall–Kier alpha value is -2.10. The van der Waals surface area contributed by atoms with E-state index in [0.717, 1.165) is 17.7 Å². The van der Waals surface area contributed by atoms with E-state index in [1.54, 1.807) is 28.8 Å². The van der Waals surface area contributed by atoms with Crippen LogP contribution < -0.4 is 10.9 Å². The van der Waals surface area contributed by atoms with Crippen LogP contribution in [-0.4, -0.2) is 10.6 Å². The van der Waals surface area contributed by atoms with E-state index in [4.69, 9.17) is 0 Å². The number of pyridine rings is 1.